The minimum Gasteiger partial charge on any atom is -0.465 e. The highest BCUT2D eigenvalue weighted by Crippen LogP contribution is 2.27. The van der Waals surface area contributed by atoms with E-state index in [4.69, 9.17) is 9.15 Å². The summed E-state index contributed by atoms with van der Waals surface area (Å²) in [4.78, 5) is 16.2. The van der Waals surface area contributed by atoms with Crippen LogP contribution in [0.15, 0.2) is 39.9 Å². The first kappa shape index (κ1) is 14.7. The molecule has 0 spiro atoms. The number of rotatable bonds is 4. The number of methoxy groups -OCH3 is 1. The molecule has 0 bridgehead atoms. The minimum absolute atomic E-state index is 0.375. The summed E-state index contributed by atoms with van der Waals surface area (Å²) in [5.41, 5.74) is 2.54. The third-order valence-corrected chi connectivity index (χ3v) is 4.52. The van der Waals surface area contributed by atoms with Crippen molar-refractivity contribution < 1.29 is 13.9 Å². The highest BCUT2D eigenvalue weighted by atomic mass is 32.2. The Bertz CT molecular complexity index is 835. The van der Waals surface area contributed by atoms with Gasteiger partial charge in [-0.15, -0.1) is 0 Å². The average molecular weight is 316 g/mol. The zero-order valence-corrected chi connectivity index (χ0v) is 13.4. The predicted octanol–water partition coefficient (Wildman–Crippen LogP) is 3.55. The number of thioether (sulfide) groups is 1. The van der Waals surface area contributed by atoms with E-state index in [1.165, 1.54) is 7.11 Å². The lowest BCUT2D eigenvalue weighted by Gasteiger charge is -2.00. The molecule has 22 heavy (non-hydrogen) atoms. The van der Waals surface area contributed by atoms with Gasteiger partial charge < -0.3 is 13.7 Å². The number of para-hydroxylation sites is 2. The quantitative estimate of drug-likeness (QED) is 0.544. The van der Waals surface area contributed by atoms with Crippen LogP contribution < -0.4 is 0 Å². The summed E-state index contributed by atoms with van der Waals surface area (Å²) in [5.74, 6) is 1.54. The molecule has 114 valence electrons. The van der Waals surface area contributed by atoms with Crippen molar-refractivity contribution in [3.05, 3.63) is 47.4 Å². The molecular weight excluding hydrogens is 300 g/mol. The molecule has 0 aliphatic rings. The second kappa shape index (κ2) is 5.88. The van der Waals surface area contributed by atoms with Gasteiger partial charge >= 0.3 is 5.97 Å². The summed E-state index contributed by atoms with van der Waals surface area (Å²) in [7, 11) is 3.35. The third-order valence-electron chi connectivity index (χ3n) is 3.46. The third kappa shape index (κ3) is 2.62. The summed E-state index contributed by atoms with van der Waals surface area (Å²) >= 11 is 1.57. The van der Waals surface area contributed by atoms with Crippen LogP contribution in [0.5, 0.6) is 0 Å². The molecule has 0 fully saturated rings. The first-order valence-electron chi connectivity index (χ1n) is 6.82. The number of ether oxygens (including phenoxy) is 1. The number of fused-ring (bicyclic) bond motifs is 1. The molecular formula is C16H16N2O3S. The molecule has 0 aliphatic carbocycles. The molecule has 3 rings (SSSR count). The highest BCUT2D eigenvalue weighted by Gasteiger charge is 2.16. The number of furan rings is 1. The summed E-state index contributed by atoms with van der Waals surface area (Å²) in [6.45, 7) is 1.76. The lowest BCUT2D eigenvalue weighted by molar-refractivity contribution is 0.0599. The van der Waals surface area contributed by atoms with Crippen LogP contribution in [0.1, 0.15) is 21.9 Å². The number of aromatic nitrogens is 2. The van der Waals surface area contributed by atoms with E-state index in [-0.39, 0.29) is 5.97 Å². The van der Waals surface area contributed by atoms with Crippen molar-refractivity contribution in [1.82, 2.24) is 9.55 Å². The van der Waals surface area contributed by atoms with E-state index in [2.05, 4.69) is 9.55 Å². The maximum absolute atomic E-state index is 11.6. The largest absolute Gasteiger partial charge is 0.465 e. The molecule has 2 aromatic heterocycles. The van der Waals surface area contributed by atoms with Crippen LogP contribution in [0.4, 0.5) is 0 Å². The second-order valence-corrected chi connectivity index (χ2v) is 5.85. The van der Waals surface area contributed by atoms with Crippen molar-refractivity contribution in [1.29, 1.82) is 0 Å². The zero-order valence-electron chi connectivity index (χ0n) is 12.6. The minimum atomic E-state index is -0.375. The Hall–Kier alpha value is -2.21. The van der Waals surface area contributed by atoms with Gasteiger partial charge in [-0.3, -0.25) is 0 Å². The highest BCUT2D eigenvalue weighted by molar-refractivity contribution is 7.98. The molecule has 0 atom stereocenters. The van der Waals surface area contributed by atoms with E-state index >= 15 is 0 Å². The van der Waals surface area contributed by atoms with Gasteiger partial charge in [-0.1, -0.05) is 23.9 Å². The molecule has 0 unspecified atom stereocenters. The van der Waals surface area contributed by atoms with E-state index in [1.54, 1.807) is 24.8 Å². The fourth-order valence-corrected chi connectivity index (χ4v) is 3.18. The van der Waals surface area contributed by atoms with Crippen molar-refractivity contribution in [2.45, 2.75) is 17.8 Å². The van der Waals surface area contributed by atoms with Crippen LogP contribution in [0.2, 0.25) is 0 Å². The standard InChI is InChI=1S/C16H16N2O3S/c1-10-12(15(19)20-3)8-11(21-10)9-22-16-17-13-6-4-5-7-14(13)18(16)2/h4-8H,9H2,1-3H3. The number of carbonyl (C=O) groups is 1. The topological polar surface area (TPSA) is 57.3 Å². The van der Waals surface area contributed by atoms with Crippen molar-refractivity contribution in [3.63, 3.8) is 0 Å². The van der Waals surface area contributed by atoms with Crippen LogP contribution in [0, 0.1) is 6.92 Å². The number of aryl methyl sites for hydroxylation is 2. The average Bonchev–Trinajstić information content (AvgIpc) is 3.05. The number of nitrogens with zero attached hydrogens (tertiary/aromatic N) is 2. The molecule has 5 nitrogen and oxygen atoms in total. The fourth-order valence-electron chi connectivity index (χ4n) is 2.32. The van der Waals surface area contributed by atoms with Crippen LogP contribution in [0.25, 0.3) is 11.0 Å². The van der Waals surface area contributed by atoms with Gasteiger partial charge in [0.25, 0.3) is 0 Å². The van der Waals surface area contributed by atoms with Crippen molar-refractivity contribution >= 4 is 28.8 Å². The molecule has 0 saturated heterocycles. The molecule has 2 heterocycles. The van der Waals surface area contributed by atoms with Gasteiger partial charge in [0.2, 0.25) is 0 Å². The molecule has 0 amide bonds. The van der Waals surface area contributed by atoms with Crippen LogP contribution >= 0.6 is 11.8 Å². The fraction of sp³-hybridized carbons (Fsp3) is 0.250. The van der Waals surface area contributed by atoms with Gasteiger partial charge in [0.15, 0.2) is 5.16 Å². The van der Waals surface area contributed by atoms with Gasteiger partial charge in [-0.2, -0.15) is 0 Å². The number of carbonyl (C=O) groups excluding carboxylic acids is 1. The Morgan fingerprint density at radius 2 is 2.18 bits per heavy atom. The van der Waals surface area contributed by atoms with Crippen molar-refractivity contribution in [2.24, 2.45) is 7.05 Å². The summed E-state index contributed by atoms with van der Waals surface area (Å²) in [5, 5.41) is 0.912. The van der Waals surface area contributed by atoms with Gasteiger partial charge in [0.05, 0.1) is 23.9 Å². The monoisotopic (exact) mass is 316 g/mol. The van der Waals surface area contributed by atoms with Crippen molar-refractivity contribution in [2.75, 3.05) is 7.11 Å². The second-order valence-electron chi connectivity index (χ2n) is 4.90. The Morgan fingerprint density at radius 3 is 2.91 bits per heavy atom. The van der Waals surface area contributed by atoms with Gasteiger partial charge in [0.1, 0.15) is 17.1 Å². The molecule has 3 aromatic rings. The molecule has 0 saturated carbocycles. The van der Waals surface area contributed by atoms with Crippen LogP contribution in [-0.2, 0) is 17.5 Å². The zero-order chi connectivity index (χ0) is 15.7. The smallest absolute Gasteiger partial charge is 0.341 e. The number of esters is 1. The first-order valence-corrected chi connectivity index (χ1v) is 7.80. The molecule has 0 radical (unpaired) electrons. The van der Waals surface area contributed by atoms with E-state index in [0.29, 0.717) is 17.1 Å². The maximum Gasteiger partial charge on any atom is 0.341 e. The molecule has 1 aromatic carbocycles. The van der Waals surface area contributed by atoms with Crippen LogP contribution in [0.3, 0.4) is 0 Å². The van der Waals surface area contributed by atoms with Gasteiger partial charge in [-0.05, 0) is 25.1 Å². The first-order chi connectivity index (χ1) is 10.6. The van der Waals surface area contributed by atoms with E-state index in [9.17, 15) is 4.79 Å². The number of benzene rings is 1. The lowest BCUT2D eigenvalue weighted by atomic mass is 10.2. The lowest BCUT2D eigenvalue weighted by Crippen LogP contribution is -2.00. The van der Waals surface area contributed by atoms with E-state index in [0.717, 1.165) is 22.0 Å². The number of hydrogen-bond acceptors (Lipinski definition) is 5. The van der Waals surface area contributed by atoms with Crippen LogP contribution in [-0.4, -0.2) is 22.6 Å². The summed E-state index contributed by atoms with van der Waals surface area (Å²) in [6, 6.07) is 9.74. The molecule has 0 aliphatic heterocycles. The Kier molecular flexibility index (Phi) is 3.94. The summed E-state index contributed by atoms with van der Waals surface area (Å²) in [6.07, 6.45) is 0. The normalized spacial score (nSPS) is 11.0. The molecule has 6 heteroatoms. The Labute approximate surface area is 132 Å². The molecule has 0 N–H and O–H groups in total. The number of imidazole rings is 1. The van der Waals surface area contributed by atoms with E-state index in [1.807, 2.05) is 31.3 Å². The van der Waals surface area contributed by atoms with Gasteiger partial charge in [-0.25, -0.2) is 9.78 Å². The summed E-state index contributed by atoms with van der Waals surface area (Å²) < 4.78 is 12.4. The Morgan fingerprint density at radius 1 is 1.41 bits per heavy atom. The predicted molar refractivity (Wildman–Crippen MR) is 85.1 cm³/mol. The SMILES string of the molecule is COC(=O)c1cc(CSc2nc3ccccc3n2C)oc1C. The van der Waals surface area contributed by atoms with Gasteiger partial charge in [0, 0.05) is 7.05 Å². The Balaban J connectivity index is 1.79. The maximum atomic E-state index is 11.6. The van der Waals surface area contributed by atoms with Crippen molar-refractivity contribution in [3.8, 4) is 0 Å². The van der Waals surface area contributed by atoms with E-state index < -0.39 is 0 Å². The number of hydrogen-bond donors (Lipinski definition) is 0.